The first-order valence-electron chi connectivity index (χ1n) is 6.01. The lowest BCUT2D eigenvalue weighted by Crippen LogP contribution is -2.14. The van der Waals surface area contributed by atoms with E-state index >= 15 is 0 Å². The third-order valence-corrected chi connectivity index (χ3v) is 4.08. The van der Waals surface area contributed by atoms with Gasteiger partial charge in [0.2, 0.25) is 0 Å². The Bertz CT molecular complexity index is 872. The number of thiazole rings is 1. The number of benzene rings is 1. The van der Waals surface area contributed by atoms with Gasteiger partial charge in [-0.2, -0.15) is 0 Å². The highest BCUT2D eigenvalue weighted by molar-refractivity contribution is 9.10. The zero-order valence-corrected chi connectivity index (χ0v) is 13.1. The predicted octanol–water partition coefficient (Wildman–Crippen LogP) is 2.91. The number of fused-ring (bicyclic) bond motifs is 1. The normalized spacial score (nSPS) is 10.7. The molecule has 21 heavy (non-hydrogen) atoms. The van der Waals surface area contributed by atoms with Gasteiger partial charge in [0, 0.05) is 22.1 Å². The van der Waals surface area contributed by atoms with Crippen molar-refractivity contribution in [2.75, 3.05) is 0 Å². The van der Waals surface area contributed by atoms with Crippen molar-refractivity contribution in [1.82, 2.24) is 9.38 Å². The van der Waals surface area contributed by atoms with Crippen molar-refractivity contribution >= 4 is 38.5 Å². The Labute approximate surface area is 132 Å². The Hall–Kier alpha value is -1.99. The van der Waals surface area contributed by atoms with Crippen LogP contribution in [-0.2, 0) is 6.61 Å². The second-order valence-electron chi connectivity index (χ2n) is 4.23. The fourth-order valence-electron chi connectivity index (χ4n) is 1.86. The van der Waals surface area contributed by atoms with Crippen molar-refractivity contribution in [3.63, 3.8) is 0 Å². The van der Waals surface area contributed by atoms with Crippen LogP contribution in [0.25, 0.3) is 4.96 Å². The summed E-state index contributed by atoms with van der Waals surface area (Å²) in [5.41, 5.74) is 0.826. The standard InChI is InChI=1S/C14H9BrN2O3S/c15-10-1-2-12(9(5-10)7-18)20-8-11-6-13(19)17-3-4-21-14(17)16-11/h1-7H,8H2. The van der Waals surface area contributed by atoms with Gasteiger partial charge < -0.3 is 4.74 Å². The van der Waals surface area contributed by atoms with Gasteiger partial charge in [-0.05, 0) is 18.2 Å². The van der Waals surface area contributed by atoms with E-state index in [1.807, 2.05) is 0 Å². The second kappa shape index (κ2) is 5.79. The summed E-state index contributed by atoms with van der Waals surface area (Å²) in [4.78, 5) is 27.8. The number of halogens is 1. The first-order valence-corrected chi connectivity index (χ1v) is 7.68. The highest BCUT2D eigenvalue weighted by Gasteiger charge is 2.07. The number of nitrogens with zero attached hydrogens (tertiary/aromatic N) is 2. The molecule has 0 spiro atoms. The molecule has 0 fully saturated rings. The summed E-state index contributed by atoms with van der Waals surface area (Å²) in [6.45, 7) is 0.131. The molecule has 5 nitrogen and oxygen atoms in total. The summed E-state index contributed by atoms with van der Waals surface area (Å²) >= 11 is 4.68. The van der Waals surface area contributed by atoms with Crippen LogP contribution in [0.15, 0.2) is 45.1 Å². The average molecular weight is 365 g/mol. The quantitative estimate of drug-likeness (QED) is 0.667. The third-order valence-electron chi connectivity index (χ3n) is 2.83. The van der Waals surface area contributed by atoms with E-state index in [1.165, 1.54) is 21.8 Å². The van der Waals surface area contributed by atoms with E-state index in [-0.39, 0.29) is 12.2 Å². The zero-order chi connectivity index (χ0) is 14.8. The minimum Gasteiger partial charge on any atom is -0.487 e. The molecule has 0 amide bonds. The smallest absolute Gasteiger partial charge is 0.258 e. The molecule has 7 heteroatoms. The molecule has 0 N–H and O–H groups in total. The number of hydrogen-bond acceptors (Lipinski definition) is 5. The van der Waals surface area contributed by atoms with E-state index in [4.69, 9.17) is 4.74 Å². The van der Waals surface area contributed by atoms with E-state index < -0.39 is 0 Å². The molecule has 1 aromatic carbocycles. The Morgan fingerprint density at radius 2 is 2.24 bits per heavy atom. The fraction of sp³-hybridized carbons (Fsp3) is 0.0714. The van der Waals surface area contributed by atoms with Crippen molar-refractivity contribution in [2.24, 2.45) is 0 Å². The van der Waals surface area contributed by atoms with Crippen LogP contribution in [0, 0.1) is 0 Å². The maximum absolute atomic E-state index is 11.9. The first-order chi connectivity index (χ1) is 10.2. The Balaban J connectivity index is 1.86. The number of rotatable bonds is 4. The number of aromatic nitrogens is 2. The summed E-state index contributed by atoms with van der Waals surface area (Å²) in [5, 5.41) is 1.80. The lowest BCUT2D eigenvalue weighted by atomic mass is 10.2. The van der Waals surface area contributed by atoms with E-state index in [0.29, 0.717) is 22.0 Å². The minimum absolute atomic E-state index is 0.131. The van der Waals surface area contributed by atoms with Crippen LogP contribution >= 0.6 is 27.3 Å². The molecule has 0 aliphatic heterocycles. The van der Waals surface area contributed by atoms with Gasteiger partial charge in [0.05, 0.1) is 11.3 Å². The van der Waals surface area contributed by atoms with Crippen LogP contribution in [0.4, 0.5) is 0 Å². The monoisotopic (exact) mass is 364 g/mol. The molecular weight excluding hydrogens is 356 g/mol. The first kappa shape index (κ1) is 14.0. The topological polar surface area (TPSA) is 60.7 Å². The lowest BCUT2D eigenvalue weighted by Gasteiger charge is -2.08. The van der Waals surface area contributed by atoms with Gasteiger partial charge in [-0.25, -0.2) is 4.98 Å². The van der Waals surface area contributed by atoms with Crippen molar-refractivity contribution < 1.29 is 9.53 Å². The van der Waals surface area contributed by atoms with Crippen LogP contribution in [0.3, 0.4) is 0 Å². The van der Waals surface area contributed by atoms with Gasteiger partial charge in [-0.3, -0.25) is 14.0 Å². The summed E-state index contributed by atoms with van der Waals surface area (Å²) < 4.78 is 7.87. The van der Waals surface area contributed by atoms with Crippen molar-refractivity contribution in [2.45, 2.75) is 6.61 Å². The molecule has 2 heterocycles. The number of carbonyl (C=O) groups excluding carboxylic acids is 1. The van der Waals surface area contributed by atoms with E-state index in [1.54, 1.807) is 29.8 Å². The maximum Gasteiger partial charge on any atom is 0.258 e. The molecule has 0 unspecified atom stereocenters. The largest absolute Gasteiger partial charge is 0.487 e. The van der Waals surface area contributed by atoms with Gasteiger partial charge >= 0.3 is 0 Å². The predicted molar refractivity (Wildman–Crippen MR) is 83.2 cm³/mol. The molecular formula is C14H9BrN2O3S. The highest BCUT2D eigenvalue weighted by Crippen LogP contribution is 2.22. The molecule has 3 aromatic rings. The molecule has 3 rings (SSSR count). The summed E-state index contributed by atoms with van der Waals surface area (Å²) in [7, 11) is 0. The second-order valence-corrected chi connectivity index (χ2v) is 6.02. The van der Waals surface area contributed by atoms with Crippen molar-refractivity contribution in [1.29, 1.82) is 0 Å². The molecule has 2 aromatic heterocycles. The Morgan fingerprint density at radius 3 is 3.05 bits per heavy atom. The summed E-state index contributed by atoms with van der Waals surface area (Å²) in [6, 6.07) is 6.59. The zero-order valence-electron chi connectivity index (χ0n) is 10.7. The molecule has 106 valence electrons. The van der Waals surface area contributed by atoms with Crippen molar-refractivity contribution in [3.8, 4) is 5.75 Å². The molecule has 0 saturated heterocycles. The van der Waals surface area contributed by atoms with E-state index in [9.17, 15) is 9.59 Å². The lowest BCUT2D eigenvalue weighted by molar-refractivity contribution is 0.111. The number of aldehydes is 1. The molecule has 0 saturated carbocycles. The van der Waals surface area contributed by atoms with Gasteiger partial charge in [-0.1, -0.05) is 15.9 Å². The third kappa shape index (κ3) is 2.88. The SMILES string of the molecule is O=Cc1cc(Br)ccc1OCc1cc(=O)n2ccsc2n1. The van der Waals surface area contributed by atoms with E-state index in [0.717, 1.165) is 10.8 Å². The van der Waals surface area contributed by atoms with E-state index in [2.05, 4.69) is 20.9 Å². The summed E-state index contributed by atoms with van der Waals surface area (Å²) in [5.74, 6) is 0.460. The van der Waals surface area contributed by atoms with Crippen molar-refractivity contribution in [3.05, 3.63) is 61.9 Å². The minimum atomic E-state index is -0.147. The molecule has 0 radical (unpaired) electrons. The average Bonchev–Trinajstić information content (AvgIpc) is 2.94. The van der Waals surface area contributed by atoms with Crippen LogP contribution < -0.4 is 10.3 Å². The highest BCUT2D eigenvalue weighted by atomic mass is 79.9. The van der Waals surface area contributed by atoms with Gasteiger partial charge in [0.25, 0.3) is 5.56 Å². The van der Waals surface area contributed by atoms with Gasteiger partial charge in [-0.15, -0.1) is 11.3 Å². The Kier molecular flexibility index (Phi) is 3.85. The molecule has 0 aliphatic rings. The van der Waals surface area contributed by atoms with Gasteiger partial charge in [0.1, 0.15) is 12.4 Å². The molecule has 0 atom stereocenters. The summed E-state index contributed by atoms with van der Waals surface area (Å²) in [6.07, 6.45) is 2.41. The maximum atomic E-state index is 11.9. The van der Waals surface area contributed by atoms with Crippen LogP contribution in [0.1, 0.15) is 16.1 Å². The fourth-order valence-corrected chi connectivity index (χ4v) is 2.97. The Morgan fingerprint density at radius 1 is 1.38 bits per heavy atom. The van der Waals surface area contributed by atoms with Crippen LogP contribution in [0.2, 0.25) is 0 Å². The van der Waals surface area contributed by atoms with Crippen LogP contribution in [-0.4, -0.2) is 15.7 Å². The van der Waals surface area contributed by atoms with Gasteiger partial charge in [0.15, 0.2) is 11.2 Å². The number of carbonyl (C=O) groups is 1. The molecule has 0 aliphatic carbocycles. The number of ether oxygens (including phenoxy) is 1. The molecule has 0 bridgehead atoms. The number of hydrogen-bond donors (Lipinski definition) is 0. The van der Waals surface area contributed by atoms with Crippen LogP contribution in [0.5, 0.6) is 5.75 Å².